The number of methoxy groups -OCH3 is 1. The normalized spacial score (nSPS) is 15.8. The Balaban J connectivity index is 1.66. The second-order valence-electron chi connectivity index (χ2n) is 6.46. The quantitative estimate of drug-likeness (QED) is 0.746. The maximum atomic E-state index is 13.4. The molecule has 5 nitrogen and oxygen atoms in total. The summed E-state index contributed by atoms with van der Waals surface area (Å²) in [5.41, 5.74) is 2.39. The van der Waals surface area contributed by atoms with Crippen LogP contribution in [-0.2, 0) is 16.2 Å². The Kier molecular flexibility index (Phi) is 6.06. The topological polar surface area (TPSA) is 51.1 Å². The van der Waals surface area contributed by atoms with Gasteiger partial charge in [-0.2, -0.15) is 0 Å². The zero-order chi connectivity index (χ0) is 19.2. The van der Waals surface area contributed by atoms with Crippen LogP contribution in [0.3, 0.4) is 0 Å². The lowest BCUT2D eigenvalue weighted by Gasteiger charge is -2.24. The van der Waals surface area contributed by atoms with Gasteiger partial charge in [-0.1, -0.05) is 36.3 Å². The summed E-state index contributed by atoms with van der Waals surface area (Å²) in [7, 11) is 1.62. The number of nitrogens with zero attached hydrogens (tertiary/aromatic N) is 2. The van der Waals surface area contributed by atoms with Crippen molar-refractivity contribution in [2.24, 2.45) is 5.16 Å². The van der Waals surface area contributed by atoms with Crippen LogP contribution in [0.4, 0.5) is 4.39 Å². The first-order valence-electron chi connectivity index (χ1n) is 8.98. The summed E-state index contributed by atoms with van der Waals surface area (Å²) in [6.07, 6.45) is 0.702. The molecule has 2 aromatic carbocycles. The average Bonchev–Trinajstić information content (AvgIpc) is 3.15. The number of benzene rings is 2. The van der Waals surface area contributed by atoms with Gasteiger partial charge in [-0.05, 0) is 29.8 Å². The van der Waals surface area contributed by atoms with E-state index in [1.54, 1.807) is 24.1 Å². The van der Waals surface area contributed by atoms with Crippen molar-refractivity contribution in [1.82, 2.24) is 4.90 Å². The summed E-state index contributed by atoms with van der Waals surface area (Å²) in [5, 5.41) is 4.09. The molecule has 1 aliphatic rings. The number of carbonyl (C=O) groups excluding carboxylic acids is 1. The summed E-state index contributed by atoms with van der Waals surface area (Å²) in [5.74, 6) is 0.491. The van der Waals surface area contributed by atoms with Crippen molar-refractivity contribution in [2.75, 3.05) is 13.7 Å². The van der Waals surface area contributed by atoms with Crippen LogP contribution in [0.25, 0.3) is 0 Å². The van der Waals surface area contributed by atoms with Crippen molar-refractivity contribution in [1.29, 1.82) is 0 Å². The average molecular weight is 370 g/mol. The number of rotatable bonds is 7. The standard InChI is InChI=1S/C21H23FN2O3/c1-3-21(25)24(13-15-6-4-9-18(10-15)26-2)14-19-12-20(23-27-19)16-7-5-8-17(22)11-16/h4-11,19H,3,12-14H2,1-2H3/t19-/m1/s1. The van der Waals surface area contributed by atoms with Crippen molar-refractivity contribution in [3.63, 3.8) is 0 Å². The third-order valence-corrected chi connectivity index (χ3v) is 4.48. The van der Waals surface area contributed by atoms with E-state index in [4.69, 9.17) is 9.57 Å². The molecule has 0 radical (unpaired) electrons. The highest BCUT2D eigenvalue weighted by molar-refractivity contribution is 6.01. The lowest BCUT2D eigenvalue weighted by molar-refractivity contribution is -0.133. The van der Waals surface area contributed by atoms with Crippen LogP contribution in [0.5, 0.6) is 5.75 Å². The monoisotopic (exact) mass is 370 g/mol. The molecule has 1 amide bonds. The van der Waals surface area contributed by atoms with Crippen LogP contribution in [0.2, 0.25) is 0 Å². The number of amides is 1. The minimum Gasteiger partial charge on any atom is -0.497 e. The van der Waals surface area contributed by atoms with E-state index in [-0.39, 0.29) is 17.8 Å². The Bertz CT molecular complexity index is 838. The van der Waals surface area contributed by atoms with Crippen LogP contribution < -0.4 is 4.74 Å². The SMILES string of the molecule is CCC(=O)N(Cc1cccc(OC)c1)C[C@H]1CC(c2cccc(F)c2)=NO1. The van der Waals surface area contributed by atoms with Gasteiger partial charge in [-0.3, -0.25) is 4.79 Å². The van der Waals surface area contributed by atoms with Crippen molar-refractivity contribution >= 4 is 11.6 Å². The van der Waals surface area contributed by atoms with Crippen LogP contribution in [0, 0.1) is 5.82 Å². The molecule has 1 atom stereocenters. The third-order valence-electron chi connectivity index (χ3n) is 4.48. The van der Waals surface area contributed by atoms with Gasteiger partial charge in [0.1, 0.15) is 11.6 Å². The Morgan fingerprint density at radius 3 is 2.85 bits per heavy atom. The van der Waals surface area contributed by atoms with Crippen LogP contribution in [0.15, 0.2) is 53.7 Å². The van der Waals surface area contributed by atoms with E-state index in [0.717, 1.165) is 11.3 Å². The van der Waals surface area contributed by atoms with E-state index in [1.165, 1.54) is 12.1 Å². The predicted molar refractivity (Wildman–Crippen MR) is 101 cm³/mol. The molecule has 0 N–H and O–H groups in total. The molecule has 1 aliphatic heterocycles. The molecule has 0 saturated carbocycles. The van der Waals surface area contributed by atoms with Crippen LogP contribution in [0.1, 0.15) is 30.9 Å². The highest BCUT2D eigenvalue weighted by Crippen LogP contribution is 2.20. The predicted octanol–water partition coefficient (Wildman–Crippen LogP) is 3.77. The van der Waals surface area contributed by atoms with Crippen molar-refractivity contribution < 1.29 is 18.8 Å². The molecule has 2 aromatic rings. The third kappa shape index (κ3) is 4.84. The summed E-state index contributed by atoms with van der Waals surface area (Å²) in [6.45, 7) is 2.73. The molecule has 0 fully saturated rings. The van der Waals surface area contributed by atoms with Crippen molar-refractivity contribution in [2.45, 2.75) is 32.4 Å². The van der Waals surface area contributed by atoms with Crippen LogP contribution >= 0.6 is 0 Å². The Labute approximate surface area is 158 Å². The van der Waals surface area contributed by atoms with Crippen molar-refractivity contribution in [3.8, 4) is 5.75 Å². The first kappa shape index (κ1) is 18.9. The lowest BCUT2D eigenvalue weighted by atomic mass is 10.0. The first-order chi connectivity index (χ1) is 13.1. The summed E-state index contributed by atoms with van der Waals surface area (Å²) in [6, 6.07) is 13.9. The van der Waals surface area contributed by atoms with Gasteiger partial charge in [-0.15, -0.1) is 0 Å². The molecule has 3 rings (SSSR count). The molecular formula is C21H23FN2O3. The maximum absolute atomic E-state index is 13.4. The van der Waals surface area contributed by atoms with Gasteiger partial charge >= 0.3 is 0 Å². The number of carbonyl (C=O) groups is 1. The lowest BCUT2D eigenvalue weighted by Crippen LogP contribution is -2.36. The van der Waals surface area contributed by atoms with Gasteiger partial charge < -0.3 is 14.5 Å². The zero-order valence-corrected chi connectivity index (χ0v) is 15.5. The highest BCUT2D eigenvalue weighted by atomic mass is 19.1. The Morgan fingerprint density at radius 1 is 1.30 bits per heavy atom. The molecule has 1 heterocycles. The zero-order valence-electron chi connectivity index (χ0n) is 15.5. The van der Waals surface area contributed by atoms with Gasteiger partial charge in [0.2, 0.25) is 5.91 Å². The van der Waals surface area contributed by atoms with E-state index < -0.39 is 0 Å². The van der Waals surface area contributed by atoms with Gasteiger partial charge in [0, 0.05) is 24.9 Å². The Hall–Kier alpha value is -2.89. The summed E-state index contributed by atoms with van der Waals surface area (Å²) in [4.78, 5) is 19.7. The fourth-order valence-electron chi connectivity index (χ4n) is 3.08. The van der Waals surface area contributed by atoms with Gasteiger partial charge in [0.25, 0.3) is 0 Å². The molecule has 6 heteroatoms. The molecule has 0 spiro atoms. The van der Waals surface area contributed by atoms with E-state index in [9.17, 15) is 9.18 Å². The number of ether oxygens (including phenoxy) is 1. The first-order valence-corrected chi connectivity index (χ1v) is 8.98. The molecule has 0 aromatic heterocycles. The van der Waals surface area contributed by atoms with Gasteiger partial charge in [0.05, 0.1) is 19.4 Å². The second kappa shape index (κ2) is 8.66. The maximum Gasteiger partial charge on any atom is 0.222 e. The van der Waals surface area contributed by atoms with Crippen molar-refractivity contribution in [3.05, 3.63) is 65.5 Å². The fourth-order valence-corrected chi connectivity index (χ4v) is 3.08. The molecule has 0 aliphatic carbocycles. The number of hydrogen-bond donors (Lipinski definition) is 0. The van der Waals surface area contributed by atoms with E-state index >= 15 is 0 Å². The molecular weight excluding hydrogens is 347 g/mol. The van der Waals surface area contributed by atoms with E-state index in [0.29, 0.717) is 37.2 Å². The minimum absolute atomic E-state index is 0.0422. The second-order valence-corrected chi connectivity index (χ2v) is 6.46. The van der Waals surface area contributed by atoms with Gasteiger partial charge in [-0.25, -0.2) is 4.39 Å². The van der Waals surface area contributed by atoms with E-state index in [2.05, 4.69) is 5.16 Å². The number of hydrogen-bond acceptors (Lipinski definition) is 4. The van der Waals surface area contributed by atoms with Gasteiger partial charge in [0.15, 0.2) is 6.10 Å². The smallest absolute Gasteiger partial charge is 0.222 e. The molecule has 0 saturated heterocycles. The largest absolute Gasteiger partial charge is 0.497 e. The summed E-state index contributed by atoms with van der Waals surface area (Å²) >= 11 is 0. The minimum atomic E-state index is -0.306. The highest BCUT2D eigenvalue weighted by Gasteiger charge is 2.26. The molecule has 27 heavy (non-hydrogen) atoms. The molecule has 0 unspecified atom stereocenters. The van der Waals surface area contributed by atoms with E-state index in [1.807, 2.05) is 31.2 Å². The number of oxime groups is 1. The molecule has 0 bridgehead atoms. The number of halogens is 1. The summed E-state index contributed by atoms with van der Waals surface area (Å²) < 4.78 is 18.7. The Morgan fingerprint density at radius 2 is 2.11 bits per heavy atom. The molecule has 142 valence electrons. The van der Waals surface area contributed by atoms with Crippen LogP contribution in [-0.4, -0.2) is 36.3 Å². The fraction of sp³-hybridized carbons (Fsp3) is 0.333.